The molecule has 1 aromatic carbocycles. The predicted molar refractivity (Wildman–Crippen MR) is 96.4 cm³/mol. The standard InChI is InChI=1S/C20H23NO5/c1-5-25-20(24)19-13(3)18(14(4)21-19)16(22)11-26-17(23)10-15-8-6-12(2)7-9-15/h6-9,21H,5,10-11H2,1-4H3. The van der Waals surface area contributed by atoms with Crippen LogP contribution >= 0.6 is 0 Å². The maximum Gasteiger partial charge on any atom is 0.355 e. The molecule has 0 aliphatic heterocycles. The molecule has 1 heterocycles. The average Bonchev–Trinajstić information content (AvgIpc) is 2.90. The molecule has 138 valence electrons. The fraction of sp³-hybridized carbons (Fsp3) is 0.350. The lowest BCUT2D eigenvalue weighted by molar-refractivity contribution is -0.141. The van der Waals surface area contributed by atoms with Crippen molar-refractivity contribution >= 4 is 17.7 Å². The zero-order chi connectivity index (χ0) is 19.3. The molecule has 0 unspecified atom stereocenters. The van der Waals surface area contributed by atoms with Gasteiger partial charge in [0.2, 0.25) is 5.78 Å². The van der Waals surface area contributed by atoms with Gasteiger partial charge in [0.05, 0.1) is 13.0 Å². The lowest BCUT2D eigenvalue weighted by Gasteiger charge is -2.06. The number of ketones is 1. The van der Waals surface area contributed by atoms with Crippen molar-refractivity contribution in [2.75, 3.05) is 13.2 Å². The minimum atomic E-state index is -0.511. The summed E-state index contributed by atoms with van der Waals surface area (Å²) in [7, 11) is 0. The molecule has 6 heteroatoms. The summed E-state index contributed by atoms with van der Waals surface area (Å²) in [5.74, 6) is -1.34. The van der Waals surface area contributed by atoms with Crippen molar-refractivity contribution in [1.82, 2.24) is 4.98 Å². The highest BCUT2D eigenvalue weighted by Crippen LogP contribution is 2.19. The van der Waals surface area contributed by atoms with Crippen LogP contribution in [0, 0.1) is 20.8 Å². The van der Waals surface area contributed by atoms with Gasteiger partial charge in [-0.15, -0.1) is 0 Å². The van der Waals surface area contributed by atoms with E-state index >= 15 is 0 Å². The van der Waals surface area contributed by atoms with Gasteiger partial charge in [0.1, 0.15) is 5.69 Å². The van der Waals surface area contributed by atoms with Gasteiger partial charge in [-0.2, -0.15) is 0 Å². The van der Waals surface area contributed by atoms with Crippen LogP contribution in [0.4, 0.5) is 0 Å². The van der Waals surface area contributed by atoms with Crippen molar-refractivity contribution in [2.24, 2.45) is 0 Å². The molecule has 0 radical (unpaired) electrons. The van der Waals surface area contributed by atoms with E-state index in [4.69, 9.17) is 9.47 Å². The number of esters is 2. The SMILES string of the molecule is CCOC(=O)c1[nH]c(C)c(C(=O)COC(=O)Cc2ccc(C)cc2)c1C. The van der Waals surface area contributed by atoms with Crippen molar-refractivity contribution in [3.05, 3.63) is 57.9 Å². The van der Waals surface area contributed by atoms with Crippen LogP contribution in [0.3, 0.4) is 0 Å². The third-order valence-electron chi connectivity index (χ3n) is 4.03. The van der Waals surface area contributed by atoms with Gasteiger partial charge in [0.15, 0.2) is 6.61 Å². The molecule has 0 atom stereocenters. The van der Waals surface area contributed by atoms with Crippen molar-refractivity contribution in [2.45, 2.75) is 34.1 Å². The molecule has 1 aromatic heterocycles. The number of hydrogen-bond acceptors (Lipinski definition) is 5. The Morgan fingerprint density at radius 1 is 1.00 bits per heavy atom. The molecular weight excluding hydrogens is 334 g/mol. The molecule has 0 bridgehead atoms. The van der Waals surface area contributed by atoms with E-state index in [0.717, 1.165) is 11.1 Å². The van der Waals surface area contributed by atoms with Crippen LogP contribution in [-0.4, -0.2) is 35.9 Å². The number of H-pyrrole nitrogens is 1. The van der Waals surface area contributed by atoms with E-state index in [1.165, 1.54) is 0 Å². The zero-order valence-corrected chi connectivity index (χ0v) is 15.5. The number of aromatic nitrogens is 1. The van der Waals surface area contributed by atoms with E-state index in [-0.39, 0.29) is 31.1 Å². The van der Waals surface area contributed by atoms with E-state index in [0.29, 0.717) is 16.8 Å². The molecule has 0 saturated carbocycles. The molecule has 0 saturated heterocycles. The zero-order valence-electron chi connectivity index (χ0n) is 15.5. The van der Waals surface area contributed by atoms with Gasteiger partial charge in [0, 0.05) is 11.3 Å². The Kier molecular flexibility index (Phi) is 6.33. The first-order valence-electron chi connectivity index (χ1n) is 8.44. The Morgan fingerprint density at radius 3 is 2.27 bits per heavy atom. The third-order valence-corrected chi connectivity index (χ3v) is 4.03. The van der Waals surface area contributed by atoms with Crippen LogP contribution in [0.1, 0.15) is 50.2 Å². The van der Waals surface area contributed by atoms with Gasteiger partial charge >= 0.3 is 11.9 Å². The first-order valence-corrected chi connectivity index (χ1v) is 8.44. The van der Waals surface area contributed by atoms with E-state index in [9.17, 15) is 14.4 Å². The van der Waals surface area contributed by atoms with Crippen LogP contribution in [0.25, 0.3) is 0 Å². The van der Waals surface area contributed by atoms with Gasteiger partial charge in [-0.05, 0) is 38.8 Å². The second-order valence-corrected chi connectivity index (χ2v) is 6.09. The molecular formula is C20H23NO5. The number of Topliss-reactive ketones (excluding diaryl/α,β-unsaturated/α-hetero) is 1. The Labute approximate surface area is 152 Å². The van der Waals surface area contributed by atoms with Crippen molar-refractivity contribution in [3.8, 4) is 0 Å². The third kappa shape index (κ3) is 4.59. The molecule has 6 nitrogen and oxygen atoms in total. The molecule has 0 fully saturated rings. The largest absolute Gasteiger partial charge is 0.461 e. The quantitative estimate of drug-likeness (QED) is 0.608. The van der Waals surface area contributed by atoms with Crippen LogP contribution in [0.2, 0.25) is 0 Å². The number of aryl methyl sites for hydroxylation is 2. The molecule has 2 rings (SSSR count). The minimum Gasteiger partial charge on any atom is -0.461 e. The second-order valence-electron chi connectivity index (χ2n) is 6.09. The van der Waals surface area contributed by atoms with E-state index in [1.54, 1.807) is 20.8 Å². The van der Waals surface area contributed by atoms with E-state index < -0.39 is 11.9 Å². The molecule has 0 spiro atoms. The highest BCUT2D eigenvalue weighted by atomic mass is 16.5. The first-order chi connectivity index (χ1) is 12.3. The fourth-order valence-corrected chi connectivity index (χ4v) is 2.72. The smallest absolute Gasteiger partial charge is 0.355 e. The number of benzene rings is 1. The number of rotatable bonds is 7. The Bertz CT molecular complexity index is 817. The summed E-state index contributed by atoms with van der Waals surface area (Å²) >= 11 is 0. The first kappa shape index (κ1) is 19.4. The van der Waals surface area contributed by atoms with Crippen LogP contribution < -0.4 is 0 Å². The normalized spacial score (nSPS) is 10.5. The van der Waals surface area contributed by atoms with Crippen LogP contribution in [-0.2, 0) is 20.7 Å². The van der Waals surface area contributed by atoms with Crippen LogP contribution in [0.15, 0.2) is 24.3 Å². The molecule has 0 aliphatic rings. The number of carbonyl (C=O) groups is 3. The van der Waals surface area contributed by atoms with Gasteiger partial charge < -0.3 is 14.5 Å². The number of hydrogen-bond donors (Lipinski definition) is 1. The van der Waals surface area contributed by atoms with Gasteiger partial charge in [-0.3, -0.25) is 9.59 Å². The lowest BCUT2D eigenvalue weighted by Crippen LogP contribution is -2.17. The number of aromatic amines is 1. The lowest BCUT2D eigenvalue weighted by atomic mass is 10.1. The molecule has 2 aromatic rings. The van der Waals surface area contributed by atoms with E-state index in [2.05, 4.69) is 4.98 Å². The number of nitrogens with one attached hydrogen (secondary N) is 1. The van der Waals surface area contributed by atoms with Crippen LogP contribution in [0.5, 0.6) is 0 Å². The van der Waals surface area contributed by atoms with Crippen molar-refractivity contribution in [3.63, 3.8) is 0 Å². The predicted octanol–water partition coefficient (Wildman–Crippen LogP) is 3.09. The average molecular weight is 357 g/mol. The highest BCUT2D eigenvalue weighted by molar-refractivity contribution is 6.03. The summed E-state index contributed by atoms with van der Waals surface area (Å²) in [6, 6.07) is 7.53. The number of ether oxygens (including phenoxy) is 2. The summed E-state index contributed by atoms with van der Waals surface area (Å²) in [4.78, 5) is 39.1. The number of carbonyl (C=O) groups excluding carboxylic acids is 3. The topological polar surface area (TPSA) is 85.5 Å². The molecule has 1 N–H and O–H groups in total. The maximum atomic E-state index is 12.4. The summed E-state index contributed by atoms with van der Waals surface area (Å²) < 4.78 is 10.1. The van der Waals surface area contributed by atoms with Gasteiger partial charge in [0.25, 0.3) is 0 Å². The summed E-state index contributed by atoms with van der Waals surface area (Å²) in [5.41, 5.74) is 3.58. The summed E-state index contributed by atoms with van der Waals surface area (Å²) in [6.07, 6.45) is 0.104. The van der Waals surface area contributed by atoms with Gasteiger partial charge in [-0.25, -0.2) is 4.79 Å². The Morgan fingerprint density at radius 2 is 1.65 bits per heavy atom. The molecule has 0 amide bonds. The highest BCUT2D eigenvalue weighted by Gasteiger charge is 2.23. The second kappa shape index (κ2) is 8.47. The Balaban J connectivity index is 2.00. The minimum absolute atomic E-state index is 0.104. The summed E-state index contributed by atoms with van der Waals surface area (Å²) in [6.45, 7) is 6.91. The summed E-state index contributed by atoms with van der Waals surface area (Å²) in [5, 5.41) is 0. The van der Waals surface area contributed by atoms with Crippen molar-refractivity contribution in [1.29, 1.82) is 0 Å². The maximum absolute atomic E-state index is 12.4. The van der Waals surface area contributed by atoms with E-state index in [1.807, 2.05) is 31.2 Å². The molecule has 26 heavy (non-hydrogen) atoms. The Hall–Kier alpha value is -2.89. The van der Waals surface area contributed by atoms with Gasteiger partial charge in [-0.1, -0.05) is 29.8 Å². The van der Waals surface area contributed by atoms with Crippen molar-refractivity contribution < 1.29 is 23.9 Å². The molecule has 0 aliphatic carbocycles. The fourth-order valence-electron chi connectivity index (χ4n) is 2.72. The monoisotopic (exact) mass is 357 g/mol.